The van der Waals surface area contributed by atoms with E-state index in [0.717, 1.165) is 12.3 Å². The minimum Gasteiger partial charge on any atom is -0.126 e. The Balaban J connectivity index is 2.79. The van der Waals surface area contributed by atoms with Crippen molar-refractivity contribution in [3.63, 3.8) is 0 Å². The highest BCUT2D eigenvalue weighted by Crippen LogP contribution is 2.34. The van der Waals surface area contributed by atoms with Gasteiger partial charge in [0.05, 0.1) is 0 Å². The van der Waals surface area contributed by atoms with Gasteiger partial charge in [-0.25, -0.2) is 0 Å². The van der Waals surface area contributed by atoms with E-state index in [1.807, 2.05) is 0 Å². The van der Waals surface area contributed by atoms with Gasteiger partial charge in [-0.15, -0.1) is 11.6 Å². The van der Waals surface area contributed by atoms with Crippen molar-refractivity contribution in [1.82, 2.24) is 0 Å². The molecule has 1 aromatic rings. The quantitative estimate of drug-likeness (QED) is 0.455. The molecule has 0 bridgehead atoms. The normalized spacial score (nSPS) is 14.7. The zero-order valence-corrected chi connectivity index (χ0v) is 11.3. The minimum absolute atomic E-state index is 0.192. The van der Waals surface area contributed by atoms with E-state index in [9.17, 15) is 0 Å². The lowest BCUT2D eigenvalue weighted by molar-refractivity contribution is 0.403. The Morgan fingerprint density at radius 2 is 1.75 bits per heavy atom. The maximum Gasteiger partial charge on any atom is 0.0320 e. The monoisotopic (exact) mass is 238 g/mol. The van der Waals surface area contributed by atoms with Crippen LogP contribution >= 0.6 is 11.6 Å². The average molecular weight is 239 g/mol. The van der Waals surface area contributed by atoms with Crippen molar-refractivity contribution < 1.29 is 0 Å². The summed E-state index contributed by atoms with van der Waals surface area (Å²) in [4.78, 5) is 0. The van der Waals surface area contributed by atoms with Crippen LogP contribution in [0, 0.1) is 0 Å². The molecular weight excluding hydrogens is 216 g/mol. The first-order valence-electron chi connectivity index (χ1n) is 6.40. The van der Waals surface area contributed by atoms with Crippen molar-refractivity contribution in [1.29, 1.82) is 0 Å². The second-order valence-electron chi connectivity index (χ2n) is 4.59. The van der Waals surface area contributed by atoms with E-state index in [0.29, 0.717) is 0 Å². The Kier molecular flexibility index (Phi) is 5.90. The summed E-state index contributed by atoms with van der Waals surface area (Å²) in [6.07, 6.45) is 6.21. The summed E-state index contributed by atoms with van der Waals surface area (Å²) < 4.78 is 0. The first kappa shape index (κ1) is 13.6. The van der Waals surface area contributed by atoms with Gasteiger partial charge in [-0.1, -0.05) is 63.4 Å². The molecular formula is C15H23Cl. The van der Waals surface area contributed by atoms with Gasteiger partial charge in [0, 0.05) is 11.3 Å². The van der Waals surface area contributed by atoms with Gasteiger partial charge >= 0.3 is 0 Å². The van der Waals surface area contributed by atoms with Crippen LogP contribution in [0.3, 0.4) is 0 Å². The smallest absolute Gasteiger partial charge is 0.0320 e. The molecule has 0 aliphatic heterocycles. The van der Waals surface area contributed by atoms with Crippen molar-refractivity contribution in [2.75, 3.05) is 5.88 Å². The highest BCUT2D eigenvalue weighted by atomic mass is 35.5. The Hall–Kier alpha value is -0.490. The summed E-state index contributed by atoms with van der Waals surface area (Å²) >= 11 is 6.24. The highest BCUT2D eigenvalue weighted by molar-refractivity contribution is 6.18. The average Bonchev–Trinajstić information content (AvgIpc) is 2.36. The van der Waals surface area contributed by atoms with Crippen molar-refractivity contribution in [3.8, 4) is 0 Å². The summed E-state index contributed by atoms with van der Waals surface area (Å²) in [5, 5.41) is 0. The first-order chi connectivity index (χ1) is 7.79. The third-order valence-electron chi connectivity index (χ3n) is 3.58. The SMILES string of the molecule is CCCCCC(CC)(CCl)c1ccccc1. The zero-order valence-electron chi connectivity index (χ0n) is 10.5. The zero-order chi connectivity index (χ0) is 11.9. The second kappa shape index (κ2) is 6.96. The lowest BCUT2D eigenvalue weighted by Crippen LogP contribution is -2.27. The maximum absolute atomic E-state index is 6.24. The van der Waals surface area contributed by atoms with E-state index in [4.69, 9.17) is 11.6 Å². The standard InChI is InChI=1S/C15H23Cl/c1-3-5-9-12-15(4-2,13-16)14-10-7-6-8-11-14/h6-8,10-11H,3-5,9,12-13H2,1-2H3. The summed E-state index contributed by atoms with van der Waals surface area (Å²) in [5.74, 6) is 0.733. The van der Waals surface area contributed by atoms with Crippen LogP contribution in [0.2, 0.25) is 0 Å². The molecule has 0 aliphatic carbocycles. The van der Waals surface area contributed by atoms with Gasteiger partial charge in [-0.2, -0.15) is 0 Å². The van der Waals surface area contributed by atoms with Gasteiger partial charge in [-0.3, -0.25) is 0 Å². The molecule has 1 atom stereocenters. The van der Waals surface area contributed by atoms with Crippen LogP contribution in [0.15, 0.2) is 30.3 Å². The van der Waals surface area contributed by atoms with E-state index in [2.05, 4.69) is 44.2 Å². The highest BCUT2D eigenvalue weighted by Gasteiger charge is 2.28. The number of hydrogen-bond acceptors (Lipinski definition) is 0. The number of unbranched alkanes of at least 4 members (excludes halogenated alkanes) is 2. The van der Waals surface area contributed by atoms with Gasteiger partial charge < -0.3 is 0 Å². The van der Waals surface area contributed by atoms with E-state index < -0.39 is 0 Å². The van der Waals surface area contributed by atoms with Crippen LogP contribution in [0.5, 0.6) is 0 Å². The maximum atomic E-state index is 6.24. The van der Waals surface area contributed by atoms with Gasteiger partial charge in [0.2, 0.25) is 0 Å². The van der Waals surface area contributed by atoms with Crippen molar-refractivity contribution in [2.45, 2.75) is 51.4 Å². The Labute approximate surface area is 105 Å². The molecule has 1 unspecified atom stereocenters. The van der Waals surface area contributed by atoms with Crippen LogP contribution in [0.4, 0.5) is 0 Å². The molecule has 0 fully saturated rings. The molecule has 0 spiro atoms. The van der Waals surface area contributed by atoms with Gasteiger partial charge in [0.25, 0.3) is 0 Å². The van der Waals surface area contributed by atoms with Gasteiger partial charge in [0.15, 0.2) is 0 Å². The Morgan fingerprint density at radius 1 is 1.06 bits per heavy atom. The molecule has 1 heteroatoms. The van der Waals surface area contributed by atoms with Crippen molar-refractivity contribution in [3.05, 3.63) is 35.9 Å². The van der Waals surface area contributed by atoms with Crippen molar-refractivity contribution >= 4 is 11.6 Å². The number of alkyl halides is 1. The fourth-order valence-corrected chi connectivity index (χ4v) is 2.75. The fourth-order valence-electron chi connectivity index (χ4n) is 2.27. The number of benzene rings is 1. The summed E-state index contributed by atoms with van der Waals surface area (Å²) in [7, 11) is 0. The third-order valence-corrected chi connectivity index (χ3v) is 4.09. The van der Waals surface area contributed by atoms with Crippen LogP contribution < -0.4 is 0 Å². The van der Waals surface area contributed by atoms with Crippen LogP contribution in [0.1, 0.15) is 51.5 Å². The molecule has 0 heterocycles. The summed E-state index contributed by atoms with van der Waals surface area (Å²) in [5.41, 5.74) is 1.60. The molecule has 0 nitrogen and oxygen atoms in total. The second-order valence-corrected chi connectivity index (χ2v) is 4.86. The molecule has 0 aromatic heterocycles. The van der Waals surface area contributed by atoms with E-state index >= 15 is 0 Å². The van der Waals surface area contributed by atoms with Crippen molar-refractivity contribution in [2.24, 2.45) is 0 Å². The first-order valence-corrected chi connectivity index (χ1v) is 6.94. The topological polar surface area (TPSA) is 0 Å². The lowest BCUT2D eigenvalue weighted by Gasteiger charge is -2.31. The molecule has 0 saturated heterocycles. The van der Waals surface area contributed by atoms with E-state index in [1.54, 1.807) is 0 Å². The molecule has 0 amide bonds. The Morgan fingerprint density at radius 3 is 2.25 bits per heavy atom. The molecule has 1 aromatic carbocycles. The molecule has 90 valence electrons. The van der Waals surface area contributed by atoms with Crippen LogP contribution in [0.25, 0.3) is 0 Å². The summed E-state index contributed by atoms with van der Waals surface area (Å²) in [6, 6.07) is 10.7. The third kappa shape index (κ3) is 3.25. The lowest BCUT2D eigenvalue weighted by atomic mass is 9.76. The Bertz CT molecular complexity index is 275. The van der Waals surface area contributed by atoms with Gasteiger partial charge in [-0.05, 0) is 18.4 Å². The molecule has 0 N–H and O–H groups in total. The minimum atomic E-state index is 0.192. The molecule has 16 heavy (non-hydrogen) atoms. The number of halogens is 1. The number of rotatable bonds is 7. The van der Waals surface area contributed by atoms with Crippen LogP contribution in [-0.2, 0) is 5.41 Å². The fraction of sp³-hybridized carbons (Fsp3) is 0.600. The largest absolute Gasteiger partial charge is 0.126 e. The molecule has 1 rings (SSSR count). The molecule has 0 radical (unpaired) electrons. The predicted octanol–water partition coefficient (Wildman–Crippen LogP) is 5.15. The van der Waals surface area contributed by atoms with E-state index in [-0.39, 0.29) is 5.41 Å². The molecule has 0 saturated carbocycles. The predicted molar refractivity (Wildman–Crippen MR) is 73.3 cm³/mol. The molecule has 0 aliphatic rings. The summed E-state index contributed by atoms with van der Waals surface area (Å²) in [6.45, 7) is 4.50. The van der Waals surface area contributed by atoms with Gasteiger partial charge in [0.1, 0.15) is 0 Å². The number of hydrogen-bond donors (Lipinski definition) is 0. The van der Waals surface area contributed by atoms with Crippen LogP contribution in [-0.4, -0.2) is 5.88 Å². The van der Waals surface area contributed by atoms with E-state index in [1.165, 1.54) is 31.2 Å².